The third-order valence-corrected chi connectivity index (χ3v) is 3.92. The molecule has 1 aliphatic rings. The number of benzene rings is 1. The van der Waals surface area contributed by atoms with E-state index < -0.39 is 17.3 Å². The van der Waals surface area contributed by atoms with Crippen molar-refractivity contribution in [3.8, 4) is 5.75 Å². The summed E-state index contributed by atoms with van der Waals surface area (Å²) in [6.07, 6.45) is 0.715. The maximum atomic E-state index is 13.7. The number of carbonyl (C=O) groups is 2. The molecule has 0 unspecified atom stereocenters. The van der Waals surface area contributed by atoms with Gasteiger partial charge in [0.05, 0.1) is 25.5 Å². The molecule has 0 radical (unpaired) electrons. The molecular weight excluding hydrogens is 305 g/mol. The van der Waals surface area contributed by atoms with E-state index in [1.54, 1.807) is 6.07 Å². The third-order valence-electron chi connectivity index (χ3n) is 3.92. The van der Waals surface area contributed by atoms with Crippen LogP contribution in [0, 0.1) is 5.82 Å². The molecule has 7 heteroatoms. The van der Waals surface area contributed by atoms with E-state index >= 15 is 0 Å². The summed E-state index contributed by atoms with van der Waals surface area (Å²) in [6, 6.07) is 4.31. The Morgan fingerprint density at radius 2 is 2.09 bits per heavy atom. The molecule has 2 rings (SSSR count). The van der Waals surface area contributed by atoms with Crippen LogP contribution in [0.5, 0.6) is 5.75 Å². The first-order valence-corrected chi connectivity index (χ1v) is 7.37. The Hall–Kier alpha value is -2.15. The summed E-state index contributed by atoms with van der Waals surface area (Å²) in [7, 11) is 1.37. The molecule has 0 spiro atoms. The minimum Gasteiger partial charge on any atom is -0.494 e. The predicted molar refractivity (Wildman–Crippen MR) is 79.8 cm³/mol. The topological polar surface area (TPSA) is 84.9 Å². The average molecular weight is 325 g/mol. The quantitative estimate of drug-likeness (QED) is 0.828. The predicted octanol–water partition coefficient (Wildman–Crippen LogP) is 1.52. The fourth-order valence-electron chi connectivity index (χ4n) is 2.74. The molecular formula is C16H20FNO5. The van der Waals surface area contributed by atoms with Crippen LogP contribution in [-0.2, 0) is 20.7 Å². The molecule has 126 valence electrons. The Balaban J connectivity index is 2.04. The summed E-state index contributed by atoms with van der Waals surface area (Å²) in [5.41, 5.74) is -0.301. The van der Waals surface area contributed by atoms with Gasteiger partial charge < -0.3 is 19.9 Å². The molecule has 1 aromatic carbocycles. The van der Waals surface area contributed by atoms with E-state index in [9.17, 15) is 14.0 Å². The van der Waals surface area contributed by atoms with Gasteiger partial charge in [-0.25, -0.2) is 4.39 Å². The van der Waals surface area contributed by atoms with Gasteiger partial charge in [0.2, 0.25) is 5.91 Å². The zero-order valence-corrected chi connectivity index (χ0v) is 12.9. The van der Waals surface area contributed by atoms with Crippen LogP contribution in [0.1, 0.15) is 24.8 Å². The van der Waals surface area contributed by atoms with Gasteiger partial charge in [-0.1, -0.05) is 6.07 Å². The Bertz CT molecular complexity index is 584. The first-order valence-electron chi connectivity index (χ1n) is 7.37. The molecule has 2 N–H and O–H groups in total. The molecule has 6 nitrogen and oxygen atoms in total. The summed E-state index contributed by atoms with van der Waals surface area (Å²) >= 11 is 0. The van der Waals surface area contributed by atoms with E-state index in [1.807, 2.05) is 0 Å². The number of hydrogen-bond acceptors (Lipinski definition) is 4. The molecule has 0 atom stereocenters. The van der Waals surface area contributed by atoms with E-state index in [-0.39, 0.29) is 24.5 Å². The third kappa shape index (κ3) is 4.66. The molecule has 0 aliphatic carbocycles. The SMILES string of the molecule is COc1ccc(CC(=O)NC2(CC(=O)O)CCOCC2)cc1F. The summed E-state index contributed by atoms with van der Waals surface area (Å²) < 4.78 is 23.7. The van der Waals surface area contributed by atoms with Crippen LogP contribution in [-0.4, -0.2) is 42.8 Å². The first-order chi connectivity index (χ1) is 10.9. The summed E-state index contributed by atoms with van der Waals surface area (Å²) in [4.78, 5) is 23.3. The van der Waals surface area contributed by atoms with Gasteiger partial charge in [0, 0.05) is 13.2 Å². The van der Waals surface area contributed by atoms with Crippen LogP contribution in [0.2, 0.25) is 0 Å². The molecule has 1 heterocycles. The highest BCUT2D eigenvalue weighted by atomic mass is 19.1. The molecule has 1 amide bonds. The number of amides is 1. The standard InChI is InChI=1S/C16H20FNO5/c1-22-13-3-2-11(8-12(13)17)9-14(19)18-16(10-15(20)21)4-6-23-7-5-16/h2-3,8H,4-7,9-10H2,1H3,(H,18,19)(H,20,21). The summed E-state index contributed by atoms with van der Waals surface area (Å²) in [5, 5.41) is 11.9. The van der Waals surface area contributed by atoms with Crippen LogP contribution in [0.3, 0.4) is 0 Å². The maximum absolute atomic E-state index is 13.7. The Morgan fingerprint density at radius 1 is 1.39 bits per heavy atom. The van der Waals surface area contributed by atoms with Gasteiger partial charge in [-0.15, -0.1) is 0 Å². The number of carbonyl (C=O) groups excluding carboxylic acids is 1. The normalized spacial score (nSPS) is 16.6. The zero-order chi connectivity index (χ0) is 16.9. The molecule has 0 bridgehead atoms. The smallest absolute Gasteiger partial charge is 0.305 e. The Morgan fingerprint density at radius 3 is 2.65 bits per heavy atom. The van der Waals surface area contributed by atoms with E-state index in [4.69, 9.17) is 14.6 Å². The van der Waals surface area contributed by atoms with Crippen molar-refractivity contribution in [2.75, 3.05) is 20.3 Å². The van der Waals surface area contributed by atoms with Crippen molar-refractivity contribution < 1.29 is 28.6 Å². The van der Waals surface area contributed by atoms with Crippen LogP contribution in [0.25, 0.3) is 0 Å². The molecule has 0 aromatic heterocycles. The van der Waals surface area contributed by atoms with Crippen molar-refractivity contribution in [3.05, 3.63) is 29.6 Å². The van der Waals surface area contributed by atoms with Gasteiger partial charge in [0.1, 0.15) is 0 Å². The van der Waals surface area contributed by atoms with Crippen molar-refractivity contribution in [1.82, 2.24) is 5.32 Å². The lowest BCUT2D eigenvalue weighted by Crippen LogP contribution is -2.53. The lowest BCUT2D eigenvalue weighted by molar-refractivity contribution is -0.140. The number of rotatable bonds is 6. The molecule has 23 heavy (non-hydrogen) atoms. The van der Waals surface area contributed by atoms with Gasteiger partial charge in [-0.2, -0.15) is 0 Å². The number of aliphatic carboxylic acids is 1. The number of ether oxygens (including phenoxy) is 2. The fourth-order valence-corrected chi connectivity index (χ4v) is 2.74. The van der Waals surface area contributed by atoms with Crippen molar-refractivity contribution in [2.24, 2.45) is 0 Å². The Kier molecular flexibility index (Phi) is 5.54. The monoisotopic (exact) mass is 325 g/mol. The second-order valence-electron chi connectivity index (χ2n) is 5.66. The summed E-state index contributed by atoms with van der Waals surface area (Å²) in [6.45, 7) is 0.815. The number of nitrogens with one attached hydrogen (secondary N) is 1. The molecule has 1 saturated heterocycles. The molecule has 1 fully saturated rings. The second kappa shape index (κ2) is 7.41. The minimum atomic E-state index is -0.970. The highest BCUT2D eigenvalue weighted by Gasteiger charge is 2.36. The van der Waals surface area contributed by atoms with Gasteiger partial charge in [-0.05, 0) is 30.5 Å². The van der Waals surface area contributed by atoms with Crippen molar-refractivity contribution in [2.45, 2.75) is 31.2 Å². The minimum absolute atomic E-state index is 0.0247. The van der Waals surface area contributed by atoms with E-state index in [0.29, 0.717) is 31.6 Å². The Labute approximate surface area is 133 Å². The lowest BCUT2D eigenvalue weighted by Gasteiger charge is -2.36. The van der Waals surface area contributed by atoms with Crippen LogP contribution < -0.4 is 10.1 Å². The van der Waals surface area contributed by atoms with Gasteiger partial charge in [-0.3, -0.25) is 9.59 Å². The zero-order valence-electron chi connectivity index (χ0n) is 12.9. The van der Waals surface area contributed by atoms with Crippen LogP contribution >= 0.6 is 0 Å². The molecule has 1 aliphatic heterocycles. The highest BCUT2D eigenvalue weighted by molar-refractivity contribution is 5.80. The van der Waals surface area contributed by atoms with E-state index in [0.717, 1.165) is 0 Å². The van der Waals surface area contributed by atoms with E-state index in [1.165, 1.54) is 19.2 Å². The molecule has 0 saturated carbocycles. The summed E-state index contributed by atoms with van der Waals surface area (Å²) in [5.74, 6) is -1.73. The maximum Gasteiger partial charge on any atom is 0.305 e. The second-order valence-corrected chi connectivity index (χ2v) is 5.66. The number of carboxylic acid groups (broad SMARTS) is 1. The van der Waals surface area contributed by atoms with Crippen molar-refractivity contribution >= 4 is 11.9 Å². The highest BCUT2D eigenvalue weighted by Crippen LogP contribution is 2.25. The first kappa shape index (κ1) is 17.2. The number of methoxy groups -OCH3 is 1. The largest absolute Gasteiger partial charge is 0.494 e. The van der Waals surface area contributed by atoms with Gasteiger partial charge >= 0.3 is 5.97 Å². The average Bonchev–Trinajstić information content (AvgIpc) is 2.47. The van der Waals surface area contributed by atoms with Crippen molar-refractivity contribution in [1.29, 1.82) is 0 Å². The van der Waals surface area contributed by atoms with Crippen molar-refractivity contribution in [3.63, 3.8) is 0 Å². The number of carboxylic acids is 1. The fraction of sp³-hybridized carbons (Fsp3) is 0.500. The van der Waals surface area contributed by atoms with Gasteiger partial charge in [0.25, 0.3) is 0 Å². The van der Waals surface area contributed by atoms with Gasteiger partial charge in [0.15, 0.2) is 11.6 Å². The number of hydrogen-bond donors (Lipinski definition) is 2. The lowest BCUT2D eigenvalue weighted by atomic mass is 9.86. The van der Waals surface area contributed by atoms with Crippen LogP contribution in [0.4, 0.5) is 4.39 Å². The van der Waals surface area contributed by atoms with Crippen LogP contribution in [0.15, 0.2) is 18.2 Å². The number of halogens is 1. The molecule has 1 aromatic rings. The van der Waals surface area contributed by atoms with E-state index in [2.05, 4.69) is 5.32 Å².